The van der Waals surface area contributed by atoms with Crippen molar-refractivity contribution in [3.8, 4) is 0 Å². The van der Waals surface area contributed by atoms with Gasteiger partial charge in [0.15, 0.2) is 0 Å². The molecular formula is C20H24N2O. The number of hydrogen-bond donors (Lipinski definition) is 1. The zero-order valence-electron chi connectivity index (χ0n) is 13.6. The molecule has 1 aliphatic heterocycles. The van der Waals surface area contributed by atoms with Crippen LogP contribution in [-0.2, 0) is 4.79 Å². The highest BCUT2D eigenvalue weighted by Crippen LogP contribution is 2.34. The second-order valence-electron chi connectivity index (χ2n) is 6.33. The number of carbonyl (C=O) groups excluding carboxylic acids is 1. The Balaban J connectivity index is 1.76. The molecule has 3 atom stereocenters. The van der Waals surface area contributed by atoms with Crippen molar-refractivity contribution in [1.82, 2.24) is 4.90 Å². The first kappa shape index (κ1) is 15.8. The fourth-order valence-corrected chi connectivity index (χ4v) is 3.43. The van der Waals surface area contributed by atoms with Gasteiger partial charge in [0.2, 0.25) is 5.91 Å². The highest BCUT2D eigenvalue weighted by atomic mass is 16.2. The zero-order chi connectivity index (χ0) is 16.2. The number of nitrogens with zero attached hydrogens (tertiary/aromatic N) is 1. The predicted octanol–water partition coefficient (Wildman–Crippen LogP) is 3.69. The van der Waals surface area contributed by atoms with Gasteiger partial charge < -0.3 is 10.6 Å². The second kappa shape index (κ2) is 6.97. The minimum atomic E-state index is -0.263. The summed E-state index contributed by atoms with van der Waals surface area (Å²) in [5, 5.41) is 0. The normalized spacial score (nSPS) is 20.3. The van der Waals surface area contributed by atoms with Crippen molar-refractivity contribution in [2.45, 2.75) is 31.8 Å². The van der Waals surface area contributed by atoms with Crippen molar-refractivity contribution in [3.05, 3.63) is 71.8 Å². The summed E-state index contributed by atoms with van der Waals surface area (Å²) in [6.07, 6.45) is 2.08. The van der Waals surface area contributed by atoms with Crippen LogP contribution in [0.5, 0.6) is 0 Å². The van der Waals surface area contributed by atoms with Crippen LogP contribution in [0.3, 0.4) is 0 Å². The number of amides is 1. The Morgan fingerprint density at radius 3 is 2.35 bits per heavy atom. The average Bonchev–Trinajstić information content (AvgIpc) is 3.11. The summed E-state index contributed by atoms with van der Waals surface area (Å²) < 4.78 is 0. The van der Waals surface area contributed by atoms with Crippen LogP contribution in [-0.4, -0.2) is 17.4 Å². The Hall–Kier alpha value is -2.13. The van der Waals surface area contributed by atoms with Gasteiger partial charge >= 0.3 is 0 Å². The third kappa shape index (κ3) is 3.30. The zero-order valence-corrected chi connectivity index (χ0v) is 13.6. The van der Waals surface area contributed by atoms with Crippen molar-refractivity contribution in [3.63, 3.8) is 0 Å². The van der Waals surface area contributed by atoms with E-state index in [1.807, 2.05) is 60.4 Å². The van der Waals surface area contributed by atoms with E-state index in [0.717, 1.165) is 24.9 Å². The van der Waals surface area contributed by atoms with Crippen LogP contribution in [0.2, 0.25) is 0 Å². The fourth-order valence-electron chi connectivity index (χ4n) is 3.43. The molecule has 0 aliphatic carbocycles. The molecule has 3 rings (SSSR count). The number of benzene rings is 2. The van der Waals surface area contributed by atoms with E-state index >= 15 is 0 Å². The van der Waals surface area contributed by atoms with Gasteiger partial charge in [-0.3, -0.25) is 4.79 Å². The molecule has 0 radical (unpaired) electrons. The smallest absolute Gasteiger partial charge is 0.227 e. The van der Waals surface area contributed by atoms with E-state index in [4.69, 9.17) is 5.73 Å². The lowest BCUT2D eigenvalue weighted by Crippen LogP contribution is -2.39. The summed E-state index contributed by atoms with van der Waals surface area (Å²) in [6, 6.07) is 20.1. The number of hydrogen-bond acceptors (Lipinski definition) is 2. The summed E-state index contributed by atoms with van der Waals surface area (Å²) in [7, 11) is 0. The van der Waals surface area contributed by atoms with E-state index in [-0.39, 0.29) is 23.9 Å². The Labute approximate surface area is 138 Å². The largest absolute Gasteiger partial charge is 0.335 e. The molecule has 0 aromatic heterocycles. The van der Waals surface area contributed by atoms with Gasteiger partial charge in [-0.05, 0) is 24.0 Å². The molecule has 0 bridgehead atoms. The third-order valence-corrected chi connectivity index (χ3v) is 4.83. The van der Waals surface area contributed by atoms with Gasteiger partial charge in [0.1, 0.15) is 0 Å². The van der Waals surface area contributed by atoms with E-state index < -0.39 is 0 Å². The van der Waals surface area contributed by atoms with Crippen LogP contribution in [0.25, 0.3) is 0 Å². The van der Waals surface area contributed by atoms with Gasteiger partial charge in [-0.2, -0.15) is 0 Å². The molecule has 1 fully saturated rings. The minimum absolute atomic E-state index is 0.160. The molecular weight excluding hydrogens is 284 g/mol. The number of likely N-dealkylation sites (tertiary alicyclic amines) is 1. The fraction of sp³-hybridized carbons (Fsp3) is 0.350. The van der Waals surface area contributed by atoms with Crippen LogP contribution < -0.4 is 5.73 Å². The lowest BCUT2D eigenvalue weighted by atomic mass is 9.93. The lowest BCUT2D eigenvalue weighted by molar-refractivity contribution is -0.136. The Morgan fingerprint density at radius 2 is 1.70 bits per heavy atom. The van der Waals surface area contributed by atoms with Crippen molar-refractivity contribution < 1.29 is 4.79 Å². The van der Waals surface area contributed by atoms with E-state index in [1.54, 1.807) is 0 Å². The molecule has 23 heavy (non-hydrogen) atoms. The maximum absolute atomic E-state index is 13.0. The van der Waals surface area contributed by atoms with Gasteiger partial charge in [-0.15, -0.1) is 0 Å². The maximum Gasteiger partial charge on any atom is 0.227 e. The number of carbonyl (C=O) groups is 1. The molecule has 2 aromatic carbocycles. The van der Waals surface area contributed by atoms with Crippen molar-refractivity contribution in [1.29, 1.82) is 0 Å². The van der Waals surface area contributed by atoms with Gasteiger partial charge in [-0.25, -0.2) is 0 Å². The van der Waals surface area contributed by atoms with Gasteiger partial charge in [0.05, 0.1) is 12.0 Å². The summed E-state index contributed by atoms with van der Waals surface area (Å²) in [6.45, 7) is 2.77. The highest BCUT2D eigenvalue weighted by Gasteiger charge is 2.34. The lowest BCUT2D eigenvalue weighted by Gasteiger charge is -2.30. The Kier molecular flexibility index (Phi) is 4.77. The monoisotopic (exact) mass is 308 g/mol. The maximum atomic E-state index is 13.0. The molecule has 1 aliphatic rings. The molecule has 1 saturated heterocycles. The average molecular weight is 308 g/mol. The molecule has 3 nitrogen and oxygen atoms in total. The SMILES string of the molecule is C[C@H](C(=O)N1CCC[C@@H]1c1ccccc1)[C@@H](N)c1ccccc1. The molecule has 2 aromatic rings. The third-order valence-electron chi connectivity index (χ3n) is 4.83. The van der Waals surface area contributed by atoms with E-state index in [9.17, 15) is 4.79 Å². The molecule has 0 unspecified atom stereocenters. The molecule has 0 saturated carbocycles. The molecule has 1 heterocycles. The van der Waals surface area contributed by atoms with Gasteiger partial charge in [-0.1, -0.05) is 67.6 Å². The summed E-state index contributed by atoms with van der Waals surface area (Å²) in [4.78, 5) is 15.0. The Morgan fingerprint density at radius 1 is 1.09 bits per heavy atom. The van der Waals surface area contributed by atoms with Crippen LogP contribution in [0.1, 0.15) is 43.0 Å². The standard InChI is InChI=1S/C20H24N2O/c1-15(19(21)17-11-6-3-7-12-17)20(23)22-14-8-13-18(22)16-9-4-2-5-10-16/h2-7,9-12,15,18-19H,8,13-14,21H2,1H3/t15-,18+,19+/m0/s1. The minimum Gasteiger partial charge on any atom is -0.335 e. The van der Waals surface area contributed by atoms with Crippen molar-refractivity contribution >= 4 is 5.91 Å². The van der Waals surface area contributed by atoms with Crippen molar-refractivity contribution in [2.24, 2.45) is 11.7 Å². The highest BCUT2D eigenvalue weighted by molar-refractivity contribution is 5.80. The van der Waals surface area contributed by atoms with Crippen molar-refractivity contribution in [2.75, 3.05) is 6.54 Å². The van der Waals surface area contributed by atoms with Crippen LogP contribution in [0.4, 0.5) is 0 Å². The summed E-state index contributed by atoms with van der Waals surface area (Å²) in [5.41, 5.74) is 8.58. The van der Waals surface area contributed by atoms with Gasteiger partial charge in [0, 0.05) is 12.6 Å². The number of nitrogens with two attached hydrogens (primary N) is 1. The van der Waals surface area contributed by atoms with Crippen LogP contribution >= 0.6 is 0 Å². The molecule has 1 amide bonds. The Bertz CT molecular complexity index is 641. The first-order chi connectivity index (χ1) is 11.2. The second-order valence-corrected chi connectivity index (χ2v) is 6.33. The van der Waals surface area contributed by atoms with Crippen LogP contribution in [0, 0.1) is 5.92 Å². The molecule has 120 valence electrons. The van der Waals surface area contributed by atoms with E-state index in [1.165, 1.54) is 5.56 Å². The topological polar surface area (TPSA) is 46.3 Å². The molecule has 3 heteroatoms. The summed E-state index contributed by atoms with van der Waals surface area (Å²) >= 11 is 0. The predicted molar refractivity (Wildman–Crippen MR) is 92.7 cm³/mol. The first-order valence-corrected chi connectivity index (χ1v) is 8.34. The van der Waals surface area contributed by atoms with E-state index in [0.29, 0.717) is 0 Å². The quantitative estimate of drug-likeness (QED) is 0.936. The van der Waals surface area contributed by atoms with Gasteiger partial charge in [0.25, 0.3) is 0 Å². The van der Waals surface area contributed by atoms with E-state index in [2.05, 4.69) is 12.1 Å². The van der Waals surface area contributed by atoms with Crippen LogP contribution in [0.15, 0.2) is 60.7 Å². The first-order valence-electron chi connectivity index (χ1n) is 8.34. The molecule has 0 spiro atoms. The number of rotatable bonds is 4. The molecule has 2 N–H and O–H groups in total. The summed E-state index contributed by atoms with van der Waals surface area (Å²) in [5.74, 6) is -0.0607.